The average Bonchev–Trinajstić information content (AvgIpc) is 3.75. The predicted molar refractivity (Wildman–Crippen MR) is 206 cm³/mol. The van der Waals surface area contributed by atoms with Crippen LogP contribution in [0.4, 0.5) is 4.79 Å². The highest BCUT2D eigenvalue weighted by Crippen LogP contribution is 2.39. The minimum absolute atomic E-state index is 0.00578. The van der Waals surface area contributed by atoms with Crippen molar-refractivity contribution in [1.82, 2.24) is 15.5 Å². The molecule has 0 spiro atoms. The van der Waals surface area contributed by atoms with Crippen molar-refractivity contribution in [1.29, 1.82) is 0 Å². The van der Waals surface area contributed by atoms with Gasteiger partial charge in [-0.25, -0.2) is 9.59 Å². The first-order chi connectivity index (χ1) is 25.9. The number of rotatable bonds is 15. The third-order valence-corrected chi connectivity index (χ3v) is 10.2. The van der Waals surface area contributed by atoms with E-state index in [1.54, 1.807) is 0 Å². The molecule has 0 bridgehead atoms. The molecule has 4 aromatic rings. The molecule has 2 aliphatic rings. The fraction of sp³-hybridized carbons (Fsp3) is 0.364. The smallest absolute Gasteiger partial charge is 0.328 e. The molecule has 3 N–H and O–H groups in total. The topological polar surface area (TPSA) is 109 Å². The van der Waals surface area contributed by atoms with Gasteiger partial charge in [0.05, 0.1) is 25.9 Å². The van der Waals surface area contributed by atoms with Gasteiger partial charge in [0.15, 0.2) is 6.29 Å². The molecule has 1 aliphatic carbocycles. The number of urea groups is 1. The molecule has 4 aromatic carbocycles. The third-order valence-electron chi connectivity index (χ3n) is 10.2. The van der Waals surface area contributed by atoms with Gasteiger partial charge >= 0.3 is 12.0 Å². The molecule has 0 aromatic heterocycles. The van der Waals surface area contributed by atoms with Crippen LogP contribution in [-0.2, 0) is 38.6 Å². The van der Waals surface area contributed by atoms with Crippen molar-refractivity contribution in [2.45, 2.75) is 82.3 Å². The highest BCUT2D eigenvalue weighted by molar-refractivity contribution is 5.83. The predicted octanol–water partition coefficient (Wildman–Crippen LogP) is 7.41. The molecule has 9 heteroatoms. The van der Waals surface area contributed by atoms with E-state index in [0.29, 0.717) is 12.5 Å². The van der Waals surface area contributed by atoms with Crippen molar-refractivity contribution in [2.24, 2.45) is 0 Å². The lowest BCUT2D eigenvalue weighted by molar-refractivity contribution is -0.253. The lowest BCUT2D eigenvalue weighted by Crippen LogP contribution is -2.47. The van der Waals surface area contributed by atoms with Gasteiger partial charge in [-0.1, -0.05) is 116 Å². The van der Waals surface area contributed by atoms with Crippen LogP contribution in [0.25, 0.3) is 11.1 Å². The van der Waals surface area contributed by atoms with E-state index in [0.717, 1.165) is 58.5 Å². The van der Waals surface area contributed by atoms with E-state index >= 15 is 0 Å². The van der Waals surface area contributed by atoms with Gasteiger partial charge in [-0.05, 0) is 52.3 Å². The monoisotopic (exact) mass is 717 g/mol. The van der Waals surface area contributed by atoms with E-state index in [1.807, 2.05) is 84.9 Å². The van der Waals surface area contributed by atoms with Gasteiger partial charge in [-0.15, -0.1) is 6.58 Å². The summed E-state index contributed by atoms with van der Waals surface area (Å²) in [5, 5.41) is 15.2. The number of benzene rings is 4. The summed E-state index contributed by atoms with van der Waals surface area (Å²) < 4.78 is 18.3. The van der Waals surface area contributed by atoms with E-state index in [-0.39, 0.29) is 25.4 Å². The number of hydrogen-bond acceptors (Lipinski definition) is 7. The van der Waals surface area contributed by atoms with Crippen LogP contribution in [0.1, 0.15) is 72.3 Å². The zero-order valence-electron chi connectivity index (χ0n) is 30.5. The summed E-state index contributed by atoms with van der Waals surface area (Å²) in [6.45, 7) is 5.97. The largest absolute Gasteiger partial charge is 0.467 e. The fourth-order valence-corrected chi connectivity index (χ4v) is 7.37. The number of methoxy groups -OCH3 is 1. The van der Waals surface area contributed by atoms with Crippen LogP contribution < -0.4 is 10.6 Å². The molecule has 0 radical (unpaired) electrons. The first-order valence-electron chi connectivity index (χ1n) is 18.6. The number of nitrogens with zero attached hydrogens (tertiary/aromatic N) is 1. The summed E-state index contributed by atoms with van der Waals surface area (Å²) >= 11 is 0. The summed E-state index contributed by atoms with van der Waals surface area (Å²) in [5.41, 5.74) is 6.76. The fourth-order valence-electron chi connectivity index (χ4n) is 7.37. The molecule has 4 unspecified atom stereocenters. The van der Waals surface area contributed by atoms with Crippen molar-refractivity contribution < 1.29 is 28.9 Å². The van der Waals surface area contributed by atoms with Gasteiger partial charge in [0.2, 0.25) is 0 Å². The van der Waals surface area contributed by atoms with Crippen molar-refractivity contribution in [3.05, 3.63) is 144 Å². The zero-order chi connectivity index (χ0) is 37.0. The molecule has 2 fully saturated rings. The lowest BCUT2D eigenvalue weighted by atomic mass is 9.98. The first kappa shape index (κ1) is 37.9. The number of aliphatic hydroxyl groups is 1. The second-order valence-corrected chi connectivity index (χ2v) is 13.9. The molecule has 1 saturated heterocycles. The molecule has 9 nitrogen and oxygen atoms in total. The maximum atomic E-state index is 12.8. The number of carbonyl (C=O) groups excluding carboxylic acids is 2. The summed E-state index contributed by atoms with van der Waals surface area (Å²) in [4.78, 5) is 27.8. The van der Waals surface area contributed by atoms with Crippen molar-refractivity contribution >= 4 is 12.0 Å². The van der Waals surface area contributed by atoms with Crippen molar-refractivity contribution in [3.63, 3.8) is 0 Å². The number of amides is 2. The maximum Gasteiger partial charge on any atom is 0.328 e. The summed E-state index contributed by atoms with van der Waals surface area (Å²) in [6.07, 6.45) is 7.30. The van der Waals surface area contributed by atoms with Crippen LogP contribution in [0.2, 0.25) is 0 Å². The number of esters is 1. The minimum atomic E-state index is -0.805. The SMILES string of the molecule is C=CCN(CC1CC(c2ccc(CO)cc2)OC(c2ccc(-c3cccc(CNC(=O)NC(Cc4ccccc4)C(=O)OC)c3)cc2)O1)C1CCCC1. The number of ether oxygens (including phenoxy) is 3. The Morgan fingerprint density at radius 1 is 0.887 bits per heavy atom. The van der Waals surface area contributed by atoms with Gasteiger partial charge in [0.25, 0.3) is 0 Å². The van der Waals surface area contributed by atoms with Crippen molar-refractivity contribution in [2.75, 3.05) is 20.2 Å². The zero-order valence-corrected chi connectivity index (χ0v) is 30.5. The van der Waals surface area contributed by atoms with Crippen LogP contribution in [0.3, 0.4) is 0 Å². The molecule has 6 rings (SSSR count). The molecule has 53 heavy (non-hydrogen) atoms. The van der Waals surface area contributed by atoms with E-state index in [9.17, 15) is 14.7 Å². The highest BCUT2D eigenvalue weighted by Gasteiger charge is 2.34. The van der Waals surface area contributed by atoms with Crippen LogP contribution >= 0.6 is 0 Å². The Morgan fingerprint density at radius 3 is 2.30 bits per heavy atom. The Balaban J connectivity index is 1.12. The highest BCUT2D eigenvalue weighted by atomic mass is 16.7. The second kappa shape index (κ2) is 18.8. The second-order valence-electron chi connectivity index (χ2n) is 13.9. The summed E-state index contributed by atoms with van der Waals surface area (Å²) in [6, 6.07) is 33.1. The molecule has 4 atom stereocenters. The summed E-state index contributed by atoms with van der Waals surface area (Å²) in [5.74, 6) is -0.500. The molecule has 278 valence electrons. The van der Waals surface area contributed by atoms with Crippen LogP contribution in [-0.4, -0.2) is 60.4 Å². The maximum absolute atomic E-state index is 12.8. The number of nitrogens with one attached hydrogen (secondary N) is 2. The molecule has 1 aliphatic heterocycles. The van der Waals surface area contributed by atoms with Gasteiger partial charge in [0, 0.05) is 44.1 Å². The quantitative estimate of drug-likeness (QED) is 0.0869. The molecular formula is C44H51N3O6. The number of carbonyl (C=O) groups is 2. The Kier molecular flexibility index (Phi) is 13.5. The van der Waals surface area contributed by atoms with Gasteiger partial charge in [-0.2, -0.15) is 0 Å². The van der Waals surface area contributed by atoms with Gasteiger partial charge < -0.3 is 30.0 Å². The Labute approximate surface area is 313 Å². The lowest BCUT2D eigenvalue weighted by Gasteiger charge is -2.39. The normalized spacial score (nSPS) is 19.4. The van der Waals surface area contributed by atoms with E-state index in [1.165, 1.54) is 32.8 Å². The van der Waals surface area contributed by atoms with Gasteiger partial charge in [-0.3, -0.25) is 4.90 Å². The van der Waals surface area contributed by atoms with E-state index in [4.69, 9.17) is 14.2 Å². The standard InChI is InChI=1S/C44H51N3O6/c1-3-24-47(38-14-7-8-15-38)29-39-27-41(35-18-16-32(30-48)17-19-35)53-43(52-39)36-22-20-34(21-23-36)37-13-9-12-33(25-37)28-45-44(50)46-40(42(49)51-2)26-31-10-5-4-6-11-31/h3-6,9-13,16-23,25,38-41,43,48H,1,7-8,14-15,24,26-30H2,2H3,(H2,45,46,50). The average molecular weight is 718 g/mol. The Bertz CT molecular complexity index is 1780. The molecular weight excluding hydrogens is 666 g/mol. The van der Waals surface area contributed by atoms with Crippen LogP contribution in [0, 0.1) is 0 Å². The van der Waals surface area contributed by atoms with E-state index in [2.05, 4.69) is 46.4 Å². The number of hydrogen-bond donors (Lipinski definition) is 3. The Morgan fingerprint density at radius 2 is 1.60 bits per heavy atom. The first-order valence-corrected chi connectivity index (χ1v) is 18.6. The minimum Gasteiger partial charge on any atom is -0.467 e. The molecule has 1 heterocycles. The van der Waals surface area contributed by atoms with Gasteiger partial charge in [0.1, 0.15) is 6.04 Å². The molecule has 1 saturated carbocycles. The Hall–Kier alpha value is -4.80. The van der Waals surface area contributed by atoms with Crippen LogP contribution in [0.15, 0.2) is 116 Å². The third kappa shape index (κ3) is 10.4. The van der Waals surface area contributed by atoms with Crippen molar-refractivity contribution in [3.8, 4) is 11.1 Å². The van der Waals surface area contributed by atoms with Crippen LogP contribution in [0.5, 0.6) is 0 Å². The van der Waals surface area contributed by atoms with E-state index < -0.39 is 24.3 Å². The number of aliphatic hydroxyl groups excluding tert-OH is 1. The molecule has 2 amide bonds. The summed E-state index contributed by atoms with van der Waals surface area (Å²) in [7, 11) is 1.32.